The van der Waals surface area contributed by atoms with Crippen LogP contribution in [0.4, 0.5) is 10.1 Å². The zero-order valence-electron chi connectivity index (χ0n) is 17.2. The number of nitrogens with zero attached hydrogens (tertiary/aromatic N) is 2. The molecule has 2 heterocycles. The average molecular weight is 396 g/mol. The zero-order valence-corrected chi connectivity index (χ0v) is 17.2. The third-order valence-corrected chi connectivity index (χ3v) is 6.17. The highest BCUT2D eigenvalue weighted by Gasteiger charge is 2.27. The van der Waals surface area contributed by atoms with Gasteiger partial charge in [0.1, 0.15) is 5.82 Å². The Kier molecular flexibility index (Phi) is 6.14. The molecule has 1 amide bonds. The molecule has 1 N–H and O–H groups in total. The van der Waals surface area contributed by atoms with Crippen molar-refractivity contribution in [3.63, 3.8) is 0 Å². The lowest BCUT2D eigenvalue weighted by atomic mass is 9.96. The highest BCUT2D eigenvalue weighted by molar-refractivity contribution is 5.79. The van der Waals surface area contributed by atoms with Gasteiger partial charge in [0.15, 0.2) is 0 Å². The molecule has 2 aromatic carbocycles. The van der Waals surface area contributed by atoms with Gasteiger partial charge in [-0.1, -0.05) is 30.3 Å². The van der Waals surface area contributed by atoms with E-state index in [1.807, 2.05) is 24.0 Å². The molecule has 1 unspecified atom stereocenters. The topological polar surface area (TPSA) is 35.6 Å². The lowest BCUT2D eigenvalue weighted by Crippen LogP contribution is -2.45. The van der Waals surface area contributed by atoms with Gasteiger partial charge in [0.25, 0.3) is 0 Å². The van der Waals surface area contributed by atoms with Crippen molar-refractivity contribution in [1.82, 2.24) is 10.2 Å². The third-order valence-electron chi connectivity index (χ3n) is 6.17. The number of anilines is 1. The van der Waals surface area contributed by atoms with Crippen molar-refractivity contribution >= 4 is 11.6 Å². The molecule has 0 radical (unpaired) electrons. The van der Waals surface area contributed by atoms with E-state index in [9.17, 15) is 9.18 Å². The van der Waals surface area contributed by atoms with Crippen LogP contribution in [-0.2, 0) is 17.8 Å². The molecule has 4 nitrogen and oxygen atoms in total. The van der Waals surface area contributed by atoms with Gasteiger partial charge in [-0.05, 0) is 55.0 Å². The van der Waals surface area contributed by atoms with E-state index in [-0.39, 0.29) is 17.6 Å². The Morgan fingerprint density at radius 3 is 2.83 bits per heavy atom. The lowest BCUT2D eigenvalue weighted by Gasteiger charge is -2.34. The van der Waals surface area contributed by atoms with Crippen LogP contribution in [0.15, 0.2) is 42.5 Å². The number of hydrogen-bond acceptors (Lipinski definition) is 3. The number of carbonyl (C=O) groups is 1. The van der Waals surface area contributed by atoms with Crippen molar-refractivity contribution < 1.29 is 9.18 Å². The summed E-state index contributed by atoms with van der Waals surface area (Å²) in [4.78, 5) is 17.1. The van der Waals surface area contributed by atoms with E-state index in [4.69, 9.17) is 0 Å². The van der Waals surface area contributed by atoms with E-state index in [1.165, 1.54) is 11.1 Å². The van der Waals surface area contributed by atoms with E-state index < -0.39 is 0 Å². The van der Waals surface area contributed by atoms with Gasteiger partial charge in [-0.3, -0.25) is 9.69 Å². The third kappa shape index (κ3) is 4.78. The van der Waals surface area contributed by atoms with E-state index in [2.05, 4.69) is 34.5 Å². The summed E-state index contributed by atoms with van der Waals surface area (Å²) >= 11 is 0. The maximum atomic E-state index is 14.3. The minimum atomic E-state index is -0.198. The van der Waals surface area contributed by atoms with Crippen molar-refractivity contribution in [2.45, 2.75) is 32.7 Å². The minimum absolute atomic E-state index is 0.0773. The van der Waals surface area contributed by atoms with Crippen LogP contribution in [0.1, 0.15) is 29.5 Å². The van der Waals surface area contributed by atoms with E-state index in [0.29, 0.717) is 18.8 Å². The van der Waals surface area contributed by atoms with Gasteiger partial charge in [0.2, 0.25) is 5.91 Å². The Morgan fingerprint density at radius 1 is 1.17 bits per heavy atom. The number of nitrogens with one attached hydrogen (secondary N) is 1. The van der Waals surface area contributed by atoms with E-state index >= 15 is 0 Å². The van der Waals surface area contributed by atoms with Gasteiger partial charge in [-0.15, -0.1) is 0 Å². The fraction of sp³-hybridized carbons (Fsp3) is 0.458. The summed E-state index contributed by atoms with van der Waals surface area (Å²) in [7, 11) is 0. The van der Waals surface area contributed by atoms with Crippen LogP contribution in [0, 0.1) is 18.7 Å². The van der Waals surface area contributed by atoms with E-state index in [1.54, 1.807) is 6.07 Å². The number of halogens is 1. The van der Waals surface area contributed by atoms with Gasteiger partial charge < -0.3 is 10.2 Å². The zero-order chi connectivity index (χ0) is 20.2. The van der Waals surface area contributed by atoms with Crippen LogP contribution < -0.4 is 10.2 Å². The molecule has 0 aliphatic carbocycles. The Labute approximate surface area is 172 Å². The van der Waals surface area contributed by atoms with Gasteiger partial charge in [-0.2, -0.15) is 0 Å². The fourth-order valence-electron chi connectivity index (χ4n) is 4.50. The molecular weight excluding hydrogens is 365 g/mol. The van der Waals surface area contributed by atoms with Crippen molar-refractivity contribution in [2.24, 2.45) is 5.92 Å². The summed E-state index contributed by atoms with van der Waals surface area (Å²) in [6, 6.07) is 13.9. The highest BCUT2D eigenvalue weighted by atomic mass is 19.1. The second kappa shape index (κ2) is 8.95. The fourth-order valence-corrected chi connectivity index (χ4v) is 4.50. The average Bonchev–Trinajstić information content (AvgIpc) is 2.73. The number of hydrogen-bond donors (Lipinski definition) is 1. The monoisotopic (exact) mass is 395 g/mol. The Morgan fingerprint density at radius 2 is 2.00 bits per heavy atom. The summed E-state index contributed by atoms with van der Waals surface area (Å²) in [5.74, 6) is -0.178. The van der Waals surface area contributed by atoms with Crippen LogP contribution in [0.3, 0.4) is 0 Å². The number of carbonyl (C=O) groups excluding carboxylic acids is 1. The molecule has 1 atom stereocenters. The predicted molar refractivity (Wildman–Crippen MR) is 115 cm³/mol. The SMILES string of the molecule is Cc1ccc(N2CCCC(C(=O)NCCN3CCc4ccccc4C3)C2)c(F)c1. The number of piperidine rings is 1. The second-order valence-corrected chi connectivity index (χ2v) is 8.33. The van der Waals surface area contributed by atoms with Crippen LogP contribution in [0.2, 0.25) is 0 Å². The quantitative estimate of drug-likeness (QED) is 0.841. The molecule has 29 heavy (non-hydrogen) atoms. The van der Waals surface area contributed by atoms with Crippen LogP contribution >= 0.6 is 0 Å². The molecule has 0 bridgehead atoms. The molecule has 0 saturated carbocycles. The number of rotatable bonds is 5. The van der Waals surface area contributed by atoms with Crippen molar-refractivity contribution in [2.75, 3.05) is 37.6 Å². The number of amides is 1. The largest absolute Gasteiger partial charge is 0.368 e. The van der Waals surface area contributed by atoms with E-state index in [0.717, 1.165) is 51.0 Å². The summed E-state index contributed by atoms with van der Waals surface area (Å²) < 4.78 is 14.3. The standard InChI is InChI=1S/C24H30FN3O/c1-18-8-9-23(22(25)15-18)28-12-4-7-21(17-28)24(29)26-11-14-27-13-10-19-5-2-3-6-20(19)16-27/h2-3,5-6,8-9,15,21H,4,7,10-14,16-17H2,1H3,(H,26,29). The van der Waals surface area contributed by atoms with Crippen molar-refractivity contribution in [3.05, 3.63) is 65.0 Å². The van der Waals surface area contributed by atoms with Gasteiger partial charge in [0.05, 0.1) is 11.6 Å². The first-order valence-electron chi connectivity index (χ1n) is 10.7. The molecule has 2 aliphatic rings. The molecule has 0 aromatic heterocycles. The maximum Gasteiger partial charge on any atom is 0.224 e. The molecular formula is C24H30FN3O. The lowest BCUT2D eigenvalue weighted by molar-refractivity contribution is -0.125. The predicted octanol–water partition coefficient (Wildman–Crippen LogP) is 3.53. The molecule has 4 rings (SSSR count). The molecule has 2 aromatic rings. The molecule has 154 valence electrons. The molecule has 5 heteroatoms. The smallest absolute Gasteiger partial charge is 0.224 e. The first-order chi connectivity index (χ1) is 14.1. The maximum absolute atomic E-state index is 14.3. The van der Waals surface area contributed by atoms with Crippen LogP contribution in [0.25, 0.3) is 0 Å². The van der Waals surface area contributed by atoms with Crippen LogP contribution in [-0.4, -0.2) is 43.5 Å². The summed E-state index contributed by atoms with van der Waals surface area (Å²) in [6.07, 6.45) is 2.85. The Hall–Kier alpha value is -2.40. The Bertz CT molecular complexity index is 869. The number of benzene rings is 2. The van der Waals surface area contributed by atoms with Gasteiger partial charge >= 0.3 is 0 Å². The van der Waals surface area contributed by atoms with Crippen molar-refractivity contribution in [1.29, 1.82) is 0 Å². The number of fused-ring (bicyclic) bond motifs is 1. The molecule has 1 fully saturated rings. The van der Waals surface area contributed by atoms with Gasteiger partial charge in [0, 0.05) is 39.3 Å². The van der Waals surface area contributed by atoms with Gasteiger partial charge in [-0.25, -0.2) is 4.39 Å². The summed E-state index contributed by atoms with van der Waals surface area (Å²) in [5.41, 5.74) is 4.37. The minimum Gasteiger partial charge on any atom is -0.368 e. The first kappa shape index (κ1) is 19.9. The molecule has 2 aliphatic heterocycles. The second-order valence-electron chi connectivity index (χ2n) is 8.33. The molecule has 0 spiro atoms. The number of aryl methyl sites for hydroxylation is 1. The van der Waals surface area contributed by atoms with Crippen molar-refractivity contribution in [3.8, 4) is 0 Å². The summed E-state index contributed by atoms with van der Waals surface area (Å²) in [5, 5.41) is 3.12. The molecule has 1 saturated heterocycles. The summed E-state index contributed by atoms with van der Waals surface area (Å²) in [6.45, 7) is 6.80. The van der Waals surface area contributed by atoms with Crippen LogP contribution in [0.5, 0.6) is 0 Å². The first-order valence-corrected chi connectivity index (χ1v) is 10.7. The Balaban J connectivity index is 1.26. The normalized spacial score (nSPS) is 19.7. The highest BCUT2D eigenvalue weighted by Crippen LogP contribution is 2.26.